The molecule has 2 aromatic rings. The molecular weight excluding hydrogens is 551 g/mol. The van der Waals surface area contributed by atoms with Crippen molar-refractivity contribution in [3.8, 4) is 5.75 Å². The second kappa shape index (κ2) is 9.90. The minimum atomic E-state index is -0.0554. The lowest BCUT2D eigenvalue weighted by molar-refractivity contribution is -0.0189. The highest BCUT2D eigenvalue weighted by Gasteiger charge is 2.43. The Balaban J connectivity index is 1.48. The van der Waals surface area contributed by atoms with Crippen LogP contribution in [0.1, 0.15) is 30.4 Å². The minimum Gasteiger partial charge on any atom is -0.490 e. The molecule has 2 aromatic carbocycles. The van der Waals surface area contributed by atoms with E-state index in [0.29, 0.717) is 19.3 Å². The normalized spacial score (nSPS) is 25.6. The molecule has 5 nitrogen and oxygen atoms in total. The Bertz CT molecular complexity index is 1010. The number of ether oxygens (including phenoxy) is 2. The molecule has 178 valence electrons. The van der Waals surface area contributed by atoms with E-state index in [1.165, 1.54) is 20.4 Å². The second-order valence-electron chi connectivity index (χ2n) is 9.69. The SMILES string of the molecule is COCC(CO)N1CC[C@H]1CN1C[C@@]2(CCCc3cc(Cl)ccc32)COc2ccc(I)cc21. The fourth-order valence-corrected chi connectivity index (χ4v) is 6.59. The predicted octanol–water partition coefficient (Wildman–Crippen LogP) is 4.50. The molecule has 1 saturated heterocycles. The number of likely N-dealkylation sites (tertiary alicyclic amines) is 1. The summed E-state index contributed by atoms with van der Waals surface area (Å²) in [6.07, 6.45) is 4.47. The van der Waals surface area contributed by atoms with Crippen molar-refractivity contribution in [2.45, 2.75) is 43.2 Å². The Morgan fingerprint density at radius 3 is 2.94 bits per heavy atom. The van der Waals surface area contributed by atoms with E-state index in [2.05, 4.69) is 62.7 Å². The van der Waals surface area contributed by atoms with Crippen LogP contribution in [0, 0.1) is 3.57 Å². The van der Waals surface area contributed by atoms with Crippen molar-refractivity contribution >= 4 is 39.9 Å². The Morgan fingerprint density at radius 1 is 1.30 bits per heavy atom. The molecule has 5 rings (SSSR count). The lowest BCUT2D eigenvalue weighted by atomic mass is 9.70. The highest BCUT2D eigenvalue weighted by Crippen LogP contribution is 2.45. The smallest absolute Gasteiger partial charge is 0.142 e. The summed E-state index contributed by atoms with van der Waals surface area (Å²) >= 11 is 8.75. The number of hydrogen-bond acceptors (Lipinski definition) is 5. The maximum Gasteiger partial charge on any atom is 0.142 e. The average Bonchev–Trinajstić information content (AvgIpc) is 2.93. The molecule has 1 spiro atoms. The topological polar surface area (TPSA) is 45.2 Å². The summed E-state index contributed by atoms with van der Waals surface area (Å²) in [7, 11) is 1.71. The summed E-state index contributed by atoms with van der Waals surface area (Å²) in [5.41, 5.74) is 3.88. The average molecular weight is 583 g/mol. The van der Waals surface area contributed by atoms with Crippen LogP contribution in [0.15, 0.2) is 36.4 Å². The van der Waals surface area contributed by atoms with Crippen LogP contribution in [0.4, 0.5) is 5.69 Å². The molecule has 7 heteroatoms. The molecule has 3 atom stereocenters. The first-order valence-electron chi connectivity index (χ1n) is 11.8. The van der Waals surface area contributed by atoms with Crippen molar-refractivity contribution < 1.29 is 14.6 Å². The van der Waals surface area contributed by atoms with Gasteiger partial charge in [-0.25, -0.2) is 0 Å². The van der Waals surface area contributed by atoms with Gasteiger partial charge in [0.1, 0.15) is 5.75 Å². The number of aliphatic hydroxyl groups is 1. The van der Waals surface area contributed by atoms with Gasteiger partial charge in [0.2, 0.25) is 0 Å². The zero-order chi connectivity index (χ0) is 23.0. The van der Waals surface area contributed by atoms with Gasteiger partial charge in [0.15, 0.2) is 0 Å². The Kier molecular flexibility index (Phi) is 7.10. The zero-order valence-electron chi connectivity index (χ0n) is 19.1. The Labute approximate surface area is 215 Å². The molecule has 0 bridgehead atoms. The van der Waals surface area contributed by atoms with Crippen molar-refractivity contribution in [3.05, 3.63) is 56.1 Å². The molecule has 2 heterocycles. The number of benzene rings is 2. The van der Waals surface area contributed by atoms with Crippen molar-refractivity contribution in [2.24, 2.45) is 0 Å². The highest BCUT2D eigenvalue weighted by atomic mass is 127. The Hall–Kier alpha value is -1.06. The van der Waals surface area contributed by atoms with E-state index in [1.54, 1.807) is 7.11 Å². The van der Waals surface area contributed by atoms with Crippen molar-refractivity contribution in [1.29, 1.82) is 0 Å². The van der Waals surface area contributed by atoms with E-state index < -0.39 is 0 Å². The standard InChI is InChI=1S/C26H32ClIN2O3/c1-32-15-22(14-31)30-10-8-21(30)13-29-16-26(17-33-25-7-5-20(28)12-24(25)29)9-2-3-18-11-19(27)4-6-23(18)26/h4-7,11-12,21-22,31H,2-3,8-10,13-17H2,1H3/t21-,22?,26-/m0/s1. The summed E-state index contributed by atoms with van der Waals surface area (Å²) in [5.74, 6) is 0.967. The van der Waals surface area contributed by atoms with Gasteiger partial charge in [-0.15, -0.1) is 0 Å². The molecule has 0 radical (unpaired) electrons. The van der Waals surface area contributed by atoms with E-state index in [4.69, 9.17) is 21.1 Å². The van der Waals surface area contributed by atoms with E-state index in [-0.39, 0.29) is 18.1 Å². The number of anilines is 1. The maximum atomic E-state index is 9.92. The molecule has 2 aliphatic heterocycles. The molecule has 3 aliphatic rings. The van der Waals surface area contributed by atoms with Gasteiger partial charge in [-0.2, -0.15) is 0 Å². The number of nitrogens with zero attached hydrogens (tertiary/aromatic N) is 2. The van der Waals surface area contributed by atoms with Crippen LogP contribution in [0.3, 0.4) is 0 Å². The van der Waals surface area contributed by atoms with Crippen LogP contribution < -0.4 is 9.64 Å². The van der Waals surface area contributed by atoms with Gasteiger partial charge < -0.3 is 19.5 Å². The van der Waals surface area contributed by atoms with Crippen molar-refractivity contribution in [3.63, 3.8) is 0 Å². The number of hydrogen-bond donors (Lipinski definition) is 1. The molecule has 0 aromatic heterocycles. The van der Waals surface area contributed by atoms with E-state index in [0.717, 1.165) is 56.1 Å². The lowest BCUT2D eigenvalue weighted by Gasteiger charge is -2.48. The quantitative estimate of drug-likeness (QED) is 0.509. The maximum absolute atomic E-state index is 9.92. The number of methoxy groups -OCH3 is 1. The number of fused-ring (bicyclic) bond motifs is 3. The third-order valence-corrected chi connectivity index (χ3v) is 8.56. The number of rotatable bonds is 6. The first-order chi connectivity index (χ1) is 16.0. The second-order valence-corrected chi connectivity index (χ2v) is 11.4. The summed E-state index contributed by atoms with van der Waals surface area (Å²) in [5, 5.41) is 10.7. The van der Waals surface area contributed by atoms with E-state index in [9.17, 15) is 5.11 Å². The first kappa shape index (κ1) is 23.7. The highest BCUT2D eigenvalue weighted by molar-refractivity contribution is 14.1. The number of aryl methyl sites for hydroxylation is 1. The summed E-state index contributed by atoms with van der Waals surface area (Å²) < 4.78 is 13.1. The summed E-state index contributed by atoms with van der Waals surface area (Å²) in [6.45, 7) is 4.22. The van der Waals surface area contributed by atoms with Crippen molar-refractivity contribution in [1.82, 2.24) is 4.90 Å². The van der Waals surface area contributed by atoms with E-state index >= 15 is 0 Å². The number of halogens is 2. The molecule has 1 unspecified atom stereocenters. The lowest BCUT2D eigenvalue weighted by Crippen LogP contribution is -2.60. The fourth-order valence-electron chi connectivity index (χ4n) is 5.92. The number of aliphatic hydroxyl groups excluding tert-OH is 1. The van der Waals surface area contributed by atoms with Crippen molar-refractivity contribution in [2.75, 3.05) is 51.5 Å². The van der Waals surface area contributed by atoms with Crippen LogP contribution in [-0.2, 0) is 16.6 Å². The monoisotopic (exact) mass is 582 g/mol. The Morgan fingerprint density at radius 2 is 2.18 bits per heavy atom. The van der Waals surface area contributed by atoms with Gasteiger partial charge >= 0.3 is 0 Å². The predicted molar refractivity (Wildman–Crippen MR) is 141 cm³/mol. The van der Waals surface area contributed by atoms with Gasteiger partial charge in [-0.05, 0) is 89.7 Å². The largest absolute Gasteiger partial charge is 0.490 e. The molecule has 1 aliphatic carbocycles. The van der Waals surface area contributed by atoms with Gasteiger partial charge in [-0.1, -0.05) is 17.7 Å². The molecule has 33 heavy (non-hydrogen) atoms. The first-order valence-corrected chi connectivity index (χ1v) is 13.3. The molecule has 0 saturated carbocycles. The van der Waals surface area contributed by atoms with Gasteiger partial charge in [0.05, 0.1) is 31.5 Å². The molecule has 1 fully saturated rings. The van der Waals surface area contributed by atoms with Crippen LogP contribution in [0.2, 0.25) is 5.02 Å². The van der Waals surface area contributed by atoms with Crippen LogP contribution in [0.25, 0.3) is 0 Å². The third kappa shape index (κ3) is 4.61. The molecular formula is C26H32ClIN2O3. The summed E-state index contributed by atoms with van der Waals surface area (Å²) in [6, 6.07) is 13.4. The van der Waals surface area contributed by atoms with Crippen LogP contribution in [0.5, 0.6) is 5.75 Å². The van der Waals surface area contributed by atoms with Gasteiger partial charge in [0, 0.05) is 46.8 Å². The van der Waals surface area contributed by atoms with Gasteiger partial charge in [0.25, 0.3) is 0 Å². The third-order valence-electron chi connectivity index (χ3n) is 7.66. The van der Waals surface area contributed by atoms with E-state index in [1.807, 2.05) is 6.07 Å². The molecule has 1 N–H and O–H groups in total. The van der Waals surface area contributed by atoms with Gasteiger partial charge in [-0.3, -0.25) is 4.90 Å². The van der Waals surface area contributed by atoms with Crippen LogP contribution in [-0.4, -0.2) is 68.7 Å². The summed E-state index contributed by atoms with van der Waals surface area (Å²) in [4.78, 5) is 4.95. The zero-order valence-corrected chi connectivity index (χ0v) is 22.0. The minimum absolute atomic E-state index is 0.0545. The fraction of sp³-hybridized carbons (Fsp3) is 0.538. The molecule has 0 amide bonds. The van der Waals surface area contributed by atoms with Crippen LogP contribution >= 0.6 is 34.2 Å².